The lowest BCUT2D eigenvalue weighted by atomic mass is 9.96. The Balaban J connectivity index is 2.16. The van der Waals surface area contributed by atoms with Crippen LogP contribution in [0.1, 0.15) is 42.1 Å². The first kappa shape index (κ1) is 16.5. The van der Waals surface area contributed by atoms with E-state index in [0.29, 0.717) is 27.5 Å². The van der Waals surface area contributed by atoms with Gasteiger partial charge in [0.2, 0.25) is 0 Å². The van der Waals surface area contributed by atoms with Gasteiger partial charge >= 0.3 is 5.97 Å². The number of hydrogen-bond donors (Lipinski definition) is 1. The van der Waals surface area contributed by atoms with Crippen LogP contribution in [0.4, 0.5) is 0 Å². The molecule has 0 radical (unpaired) electrons. The lowest BCUT2D eigenvalue weighted by Crippen LogP contribution is -2.00. The van der Waals surface area contributed by atoms with Crippen LogP contribution in [0.2, 0.25) is 5.02 Å². The summed E-state index contributed by atoms with van der Waals surface area (Å²) in [6, 6.07) is 14.9. The molecule has 0 spiro atoms. The number of rotatable bonds is 4. The predicted molar refractivity (Wildman–Crippen MR) is 97.9 cm³/mol. The molecule has 4 heteroatoms. The Kier molecular flexibility index (Phi) is 4.54. The van der Waals surface area contributed by atoms with Gasteiger partial charge in [0.05, 0.1) is 21.8 Å². The fourth-order valence-electron chi connectivity index (χ4n) is 2.76. The quantitative estimate of drug-likeness (QED) is 0.656. The van der Waals surface area contributed by atoms with E-state index in [1.165, 1.54) is 5.56 Å². The molecule has 1 N–H and O–H groups in total. The van der Waals surface area contributed by atoms with Crippen molar-refractivity contribution in [2.75, 3.05) is 0 Å². The van der Waals surface area contributed by atoms with Crippen LogP contribution in [-0.4, -0.2) is 16.1 Å². The van der Waals surface area contributed by atoms with Crippen LogP contribution in [0.25, 0.3) is 22.2 Å². The van der Waals surface area contributed by atoms with Gasteiger partial charge in [-0.05, 0) is 30.0 Å². The zero-order chi connectivity index (χ0) is 17.3. The number of nitrogens with zero attached hydrogens (tertiary/aromatic N) is 1. The second kappa shape index (κ2) is 6.62. The van der Waals surface area contributed by atoms with E-state index in [1.807, 2.05) is 12.1 Å². The molecule has 3 nitrogen and oxygen atoms in total. The maximum absolute atomic E-state index is 11.6. The Labute approximate surface area is 145 Å². The molecule has 0 aliphatic heterocycles. The van der Waals surface area contributed by atoms with Crippen LogP contribution in [0.3, 0.4) is 0 Å². The highest BCUT2D eigenvalue weighted by molar-refractivity contribution is 6.35. The van der Waals surface area contributed by atoms with E-state index in [0.717, 1.165) is 12.0 Å². The average Bonchev–Trinajstić information content (AvgIpc) is 2.60. The molecule has 1 atom stereocenters. The number of carboxylic acid groups (broad SMARTS) is 1. The van der Waals surface area contributed by atoms with Crippen LogP contribution in [-0.2, 0) is 0 Å². The van der Waals surface area contributed by atoms with Crippen molar-refractivity contribution in [1.29, 1.82) is 0 Å². The monoisotopic (exact) mass is 339 g/mol. The number of aromatic nitrogens is 1. The summed E-state index contributed by atoms with van der Waals surface area (Å²) in [5.74, 6) is -0.491. The summed E-state index contributed by atoms with van der Waals surface area (Å²) in [7, 11) is 0. The lowest BCUT2D eigenvalue weighted by molar-refractivity contribution is 0.0699. The maximum atomic E-state index is 11.6. The molecule has 1 unspecified atom stereocenters. The number of aromatic carboxylic acids is 1. The molecule has 2 aromatic carbocycles. The van der Waals surface area contributed by atoms with Crippen LogP contribution >= 0.6 is 11.6 Å². The van der Waals surface area contributed by atoms with E-state index in [-0.39, 0.29) is 5.56 Å². The molecule has 0 fully saturated rings. The molecular formula is C20H18ClNO2. The highest BCUT2D eigenvalue weighted by atomic mass is 35.5. The summed E-state index contributed by atoms with van der Waals surface area (Å²) in [4.78, 5) is 16.2. The second-order valence-electron chi connectivity index (χ2n) is 5.93. The minimum Gasteiger partial charge on any atom is -0.478 e. The highest BCUT2D eigenvalue weighted by Gasteiger charge is 2.14. The van der Waals surface area contributed by atoms with Crippen molar-refractivity contribution in [2.24, 2.45) is 0 Å². The summed E-state index contributed by atoms with van der Waals surface area (Å²) < 4.78 is 0. The zero-order valence-corrected chi connectivity index (χ0v) is 14.3. The van der Waals surface area contributed by atoms with Crippen molar-refractivity contribution in [3.8, 4) is 11.3 Å². The van der Waals surface area contributed by atoms with Crippen LogP contribution in [0, 0.1) is 0 Å². The number of benzene rings is 2. The normalized spacial score (nSPS) is 12.3. The van der Waals surface area contributed by atoms with E-state index >= 15 is 0 Å². The number of hydrogen-bond acceptors (Lipinski definition) is 2. The standard InChI is InChI=1S/C20H18ClNO2/c1-3-12(2)13-7-9-14(10-8-13)18-11-16(20(23)24)15-5-4-6-17(21)19(15)22-18/h4-12H,3H2,1-2H3,(H,23,24). The van der Waals surface area contributed by atoms with Crippen molar-refractivity contribution in [3.63, 3.8) is 0 Å². The largest absolute Gasteiger partial charge is 0.478 e. The van der Waals surface area contributed by atoms with E-state index in [9.17, 15) is 9.90 Å². The van der Waals surface area contributed by atoms with Crippen LogP contribution in [0.15, 0.2) is 48.5 Å². The summed E-state index contributed by atoms with van der Waals surface area (Å²) >= 11 is 6.22. The van der Waals surface area contributed by atoms with E-state index < -0.39 is 5.97 Å². The molecule has 1 heterocycles. The summed E-state index contributed by atoms with van der Waals surface area (Å²) in [6.45, 7) is 4.34. The molecule has 0 bridgehead atoms. The van der Waals surface area contributed by atoms with E-state index in [4.69, 9.17) is 11.6 Å². The molecule has 3 aromatic rings. The van der Waals surface area contributed by atoms with Gasteiger partial charge in [0.1, 0.15) is 0 Å². The number of pyridine rings is 1. The van der Waals surface area contributed by atoms with Gasteiger partial charge in [-0.1, -0.05) is 61.8 Å². The van der Waals surface area contributed by atoms with E-state index in [2.05, 4.69) is 31.0 Å². The molecule has 24 heavy (non-hydrogen) atoms. The van der Waals surface area contributed by atoms with Gasteiger partial charge in [0, 0.05) is 10.9 Å². The molecule has 122 valence electrons. The fraction of sp³-hybridized carbons (Fsp3) is 0.200. The average molecular weight is 340 g/mol. The van der Waals surface area contributed by atoms with Gasteiger partial charge in [-0.25, -0.2) is 9.78 Å². The molecule has 1 aromatic heterocycles. The van der Waals surface area contributed by atoms with Gasteiger partial charge in [-0.2, -0.15) is 0 Å². The molecule has 0 aliphatic carbocycles. The molecule has 0 saturated carbocycles. The van der Waals surface area contributed by atoms with Gasteiger partial charge < -0.3 is 5.11 Å². The Morgan fingerprint density at radius 3 is 2.54 bits per heavy atom. The number of para-hydroxylation sites is 1. The number of fused-ring (bicyclic) bond motifs is 1. The smallest absolute Gasteiger partial charge is 0.336 e. The maximum Gasteiger partial charge on any atom is 0.336 e. The zero-order valence-electron chi connectivity index (χ0n) is 13.6. The van der Waals surface area contributed by atoms with Crippen molar-refractivity contribution in [1.82, 2.24) is 4.98 Å². The minimum absolute atomic E-state index is 0.212. The molecule has 0 amide bonds. The third-order valence-corrected chi connectivity index (χ3v) is 4.71. The first-order chi connectivity index (χ1) is 11.5. The SMILES string of the molecule is CCC(C)c1ccc(-c2cc(C(=O)O)c3cccc(Cl)c3n2)cc1. The molecule has 0 aliphatic rings. The summed E-state index contributed by atoms with van der Waals surface area (Å²) in [5.41, 5.74) is 3.48. The van der Waals surface area contributed by atoms with Crippen molar-refractivity contribution in [2.45, 2.75) is 26.2 Å². The van der Waals surface area contributed by atoms with Crippen molar-refractivity contribution in [3.05, 3.63) is 64.7 Å². The topological polar surface area (TPSA) is 50.2 Å². The summed E-state index contributed by atoms with van der Waals surface area (Å²) in [6.07, 6.45) is 1.08. The number of carboxylic acids is 1. The Morgan fingerprint density at radius 2 is 1.92 bits per heavy atom. The Bertz CT molecular complexity index is 903. The van der Waals surface area contributed by atoms with Gasteiger partial charge in [0.25, 0.3) is 0 Å². The van der Waals surface area contributed by atoms with Crippen LogP contribution < -0.4 is 0 Å². The molecular weight excluding hydrogens is 322 g/mol. The van der Waals surface area contributed by atoms with Crippen molar-refractivity contribution >= 4 is 28.5 Å². The minimum atomic E-state index is -0.984. The summed E-state index contributed by atoms with van der Waals surface area (Å²) in [5, 5.41) is 10.5. The number of carbonyl (C=O) groups is 1. The lowest BCUT2D eigenvalue weighted by Gasteiger charge is -2.11. The van der Waals surface area contributed by atoms with Crippen LogP contribution in [0.5, 0.6) is 0 Å². The van der Waals surface area contributed by atoms with Gasteiger partial charge in [-0.15, -0.1) is 0 Å². The highest BCUT2D eigenvalue weighted by Crippen LogP contribution is 2.30. The van der Waals surface area contributed by atoms with Gasteiger partial charge in [0.15, 0.2) is 0 Å². The Hall–Kier alpha value is -2.39. The second-order valence-corrected chi connectivity index (χ2v) is 6.33. The molecule has 3 rings (SSSR count). The number of halogens is 1. The first-order valence-corrected chi connectivity index (χ1v) is 8.32. The predicted octanol–water partition coefficient (Wildman–Crippen LogP) is 5.77. The third-order valence-electron chi connectivity index (χ3n) is 4.41. The van der Waals surface area contributed by atoms with Gasteiger partial charge in [-0.3, -0.25) is 0 Å². The Morgan fingerprint density at radius 1 is 1.21 bits per heavy atom. The fourth-order valence-corrected chi connectivity index (χ4v) is 2.97. The van der Waals surface area contributed by atoms with E-state index in [1.54, 1.807) is 24.3 Å². The first-order valence-electron chi connectivity index (χ1n) is 7.94. The molecule has 0 saturated heterocycles. The third kappa shape index (κ3) is 3.00. The van der Waals surface area contributed by atoms with Crippen molar-refractivity contribution < 1.29 is 9.90 Å².